The van der Waals surface area contributed by atoms with E-state index in [1.54, 1.807) is 23.7 Å². The molecule has 1 atom stereocenters. The summed E-state index contributed by atoms with van der Waals surface area (Å²) in [5.74, 6) is 0.628. The molecule has 0 fully saturated rings. The number of nitrogens with zero attached hydrogens (tertiary/aromatic N) is 2. The summed E-state index contributed by atoms with van der Waals surface area (Å²) >= 11 is 7.70. The van der Waals surface area contributed by atoms with Crippen molar-refractivity contribution in [1.29, 1.82) is 0 Å². The quantitative estimate of drug-likeness (QED) is 0.907. The molecule has 0 aliphatic heterocycles. The summed E-state index contributed by atoms with van der Waals surface area (Å²) in [4.78, 5) is 10.7. The van der Waals surface area contributed by atoms with Crippen LogP contribution in [-0.2, 0) is 0 Å². The molecule has 0 amide bonds. The van der Waals surface area contributed by atoms with E-state index in [2.05, 4.69) is 41.3 Å². The first-order valence-corrected chi connectivity index (χ1v) is 6.15. The number of aryl methyl sites for hydroxylation is 1. The Bertz CT molecular complexity index is 484. The molecule has 2 rings (SSSR count). The van der Waals surface area contributed by atoms with Gasteiger partial charge < -0.3 is 5.32 Å². The second-order valence-electron chi connectivity index (χ2n) is 3.51. The molecule has 0 radical (unpaired) electrons. The first kappa shape index (κ1) is 11.4. The van der Waals surface area contributed by atoms with Crippen molar-refractivity contribution in [1.82, 2.24) is 9.97 Å². The molecule has 1 N–H and O–H groups in total. The van der Waals surface area contributed by atoms with Crippen LogP contribution in [0.4, 0.5) is 5.82 Å². The fourth-order valence-corrected chi connectivity index (χ4v) is 2.42. The van der Waals surface area contributed by atoms with Gasteiger partial charge in [-0.15, -0.1) is 11.3 Å². The fourth-order valence-electron chi connectivity index (χ4n) is 1.38. The molecule has 2 aromatic rings. The second-order valence-corrected chi connectivity index (χ2v) is 5.19. The van der Waals surface area contributed by atoms with Gasteiger partial charge in [-0.2, -0.15) is 0 Å². The van der Waals surface area contributed by atoms with Crippen LogP contribution in [0.25, 0.3) is 0 Å². The third-order valence-corrected chi connectivity index (χ3v) is 3.65. The molecular formula is C11H12ClN3S. The summed E-state index contributed by atoms with van der Waals surface area (Å²) in [5.41, 5.74) is 0. The van der Waals surface area contributed by atoms with Gasteiger partial charge in [-0.1, -0.05) is 11.6 Å². The monoisotopic (exact) mass is 253 g/mol. The minimum Gasteiger partial charge on any atom is -0.360 e. The van der Waals surface area contributed by atoms with Crippen molar-refractivity contribution >= 4 is 28.8 Å². The molecule has 3 nitrogen and oxygen atoms in total. The van der Waals surface area contributed by atoms with Crippen molar-refractivity contribution in [2.75, 3.05) is 5.32 Å². The predicted octanol–water partition coefficient (Wildman–Crippen LogP) is 3.67. The number of anilines is 1. The topological polar surface area (TPSA) is 37.8 Å². The van der Waals surface area contributed by atoms with Crippen LogP contribution >= 0.6 is 22.9 Å². The smallest absolute Gasteiger partial charge is 0.171 e. The van der Waals surface area contributed by atoms with E-state index in [4.69, 9.17) is 11.6 Å². The number of aromatic nitrogens is 2. The number of hydrogen-bond donors (Lipinski definition) is 1. The van der Waals surface area contributed by atoms with Gasteiger partial charge in [0.1, 0.15) is 0 Å². The molecule has 84 valence electrons. The number of rotatable bonds is 3. The Morgan fingerprint density at radius 3 is 2.69 bits per heavy atom. The number of halogens is 1. The van der Waals surface area contributed by atoms with Gasteiger partial charge in [-0.05, 0) is 26.0 Å². The van der Waals surface area contributed by atoms with E-state index in [0.29, 0.717) is 11.0 Å². The molecule has 0 saturated heterocycles. The van der Waals surface area contributed by atoms with Crippen LogP contribution < -0.4 is 5.32 Å². The first-order valence-electron chi connectivity index (χ1n) is 4.96. The third kappa shape index (κ3) is 2.51. The molecule has 0 spiro atoms. The lowest BCUT2D eigenvalue weighted by molar-refractivity contribution is 0.892. The van der Waals surface area contributed by atoms with Crippen molar-refractivity contribution < 1.29 is 0 Å². The van der Waals surface area contributed by atoms with E-state index in [1.165, 1.54) is 9.75 Å². The SMILES string of the molecule is Cc1ccc(C(C)Nc2nccnc2Cl)s1. The van der Waals surface area contributed by atoms with E-state index in [9.17, 15) is 0 Å². The van der Waals surface area contributed by atoms with E-state index in [1.807, 2.05) is 0 Å². The molecule has 5 heteroatoms. The Morgan fingerprint density at radius 1 is 1.31 bits per heavy atom. The summed E-state index contributed by atoms with van der Waals surface area (Å²) < 4.78 is 0. The highest BCUT2D eigenvalue weighted by Crippen LogP contribution is 2.26. The predicted molar refractivity (Wildman–Crippen MR) is 68.1 cm³/mol. The summed E-state index contributed by atoms with van der Waals surface area (Å²) in [6.45, 7) is 4.17. The minimum atomic E-state index is 0.188. The van der Waals surface area contributed by atoms with E-state index >= 15 is 0 Å². The van der Waals surface area contributed by atoms with Gasteiger partial charge in [0.05, 0.1) is 6.04 Å². The van der Waals surface area contributed by atoms with Crippen LogP contribution in [0.15, 0.2) is 24.5 Å². The molecule has 0 saturated carbocycles. The third-order valence-electron chi connectivity index (χ3n) is 2.19. The molecule has 0 bridgehead atoms. The maximum absolute atomic E-state index is 5.93. The van der Waals surface area contributed by atoms with Crippen LogP contribution in [-0.4, -0.2) is 9.97 Å². The maximum atomic E-state index is 5.93. The van der Waals surface area contributed by atoms with Crippen molar-refractivity contribution in [2.45, 2.75) is 19.9 Å². The van der Waals surface area contributed by atoms with Gasteiger partial charge in [-0.3, -0.25) is 0 Å². The van der Waals surface area contributed by atoms with Crippen LogP contribution in [0, 0.1) is 6.92 Å². The van der Waals surface area contributed by atoms with Crippen molar-refractivity contribution in [3.05, 3.63) is 39.4 Å². The van der Waals surface area contributed by atoms with Crippen molar-refractivity contribution in [2.24, 2.45) is 0 Å². The summed E-state index contributed by atoms with van der Waals surface area (Å²) in [7, 11) is 0. The Kier molecular flexibility index (Phi) is 3.41. The van der Waals surface area contributed by atoms with Crippen LogP contribution in [0.5, 0.6) is 0 Å². The van der Waals surface area contributed by atoms with Gasteiger partial charge in [-0.25, -0.2) is 9.97 Å². The van der Waals surface area contributed by atoms with Gasteiger partial charge in [0, 0.05) is 22.1 Å². The fraction of sp³-hybridized carbons (Fsp3) is 0.273. The average molecular weight is 254 g/mol. The summed E-state index contributed by atoms with van der Waals surface area (Å²) in [5, 5.41) is 3.65. The minimum absolute atomic E-state index is 0.188. The van der Waals surface area contributed by atoms with Gasteiger partial charge in [0.2, 0.25) is 0 Å². The largest absolute Gasteiger partial charge is 0.360 e. The molecule has 16 heavy (non-hydrogen) atoms. The highest BCUT2D eigenvalue weighted by molar-refractivity contribution is 7.12. The molecule has 2 heterocycles. The normalized spacial score (nSPS) is 12.4. The Balaban J connectivity index is 2.13. The van der Waals surface area contributed by atoms with E-state index < -0.39 is 0 Å². The van der Waals surface area contributed by atoms with Gasteiger partial charge >= 0.3 is 0 Å². The lowest BCUT2D eigenvalue weighted by Crippen LogP contribution is -2.07. The van der Waals surface area contributed by atoms with Crippen LogP contribution in [0.2, 0.25) is 5.15 Å². The van der Waals surface area contributed by atoms with Gasteiger partial charge in [0.15, 0.2) is 11.0 Å². The van der Waals surface area contributed by atoms with E-state index in [-0.39, 0.29) is 6.04 Å². The van der Waals surface area contributed by atoms with Crippen LogP contribution in [0.3, 0.4) is 0 Å². The molecular weight excluding hydrogens is 242 g/mol. The zero-order valence-electron chi connectivity index (χ0n) is 9.07. The lowest BCUT2D eigenvalue weighted by Gasteiger charge is -2.12. The lowest BCUT2D eigenvalue weighted by atomic mass is 10.3. The standard InChI is InChI=1S/C11H12ClN3S/c1-7-3-4-9(16-7)8(2)15-11-10(12)13-5-6-14-11/h3-6,8H,1-2H3,(H,14,15). The molecule has 1 unspecified atom stereocenters. The zero-order chi connectivity index (χ0) is 11.5. The molecule has 2 aromatic heterocycles. The van der Waals surface area contributed by atoms with Crippen molar-refractivity contribution in [3.63, 3.8) is 0 Å². The molecule has 0 aliphatic rings. The highest BCUT2D eigenvalue weighted by Gasteiger charge is 2.10. The van der Waals surface area contributed by atoms with E-state index in [0.717, 1.165) is 0 Å². The number of thiophene rings is 1. The average Bonchev–Trinajstić information content (AvgIpc) is 2.68. The highest BCUT2D eigenvalue weighted by atomic mass is 35.5. The first-order chi connectivity index (χ1) is 7.66. The summed E-state index contributed by atoms with van der Waals surface area (Å²) in [6, 6.07) is 4.41. The molecule has 0 aliphatic carbocycles. The number of hydrogen-bond acceptors (Lipinski definition) is 4. The van der Waals surface area contributed by atoms with Crippen LogP contribution in [0.1, 0.15) is 22.7 Å². The maximum Gasteiger partial charge on any atom is 0.171 e. The Morgan fingerprint density at radius 2 is 2.06 bits per heavy atom. The second kappa shape index (κ2) is 4.80. The van der Waals surface area contributed by atoms with Crippen molar-refractivity contribution in [3.8, 4) is 0 Å². The Labute approximate surface area is 104 Å². The summed E-state index contributed by atoms with van der Waals surface area (Å²) in [6.07, 6.45) is 3.20. The molecule has 0 aromatic carbocycles. The van der Waals surface area contributed by atoms with Gasteiger partial charge in [0.25, 0.3) is 0 Å². The Hall–Kier alpha value is -1.13. The number of nitrogens with one attached hydrogen (secondary N) is 1. The zero-order valence-corrected chi connectivity index (χ0v) is 10.6.